The van der Waals surface area contributed by atoms with E-state index in [0.717, 1.165) is 128 Å². The van der Waals surface area contributed by atoms with Crippen molar-refractivity contribution in [1.29, 1.82) is 0 Å². The molecule has 8 bridgehead atoms. The van der Waals surface area contributed by atoms with E-state index in [1.807, 2.05) is 35.3 Å². The Labute approximate surface area is 369 Å². The van der Waals surface area contributed by atoms with Crippen molar-refractivity contribution < 1.29 is 0 Å². The van der Waals surface area contributed by atoms with Crippen LogP contribution in [-0.2, 0) is 0 Å². The Kier molecular flexibility index (Phi) is 12.8. The molecule has 4 aromatic carbocycles. The molecular weight excluding hydrogens is 817 g/mol. The molecule has 60 heavy (non-hydrogen) atoms. The number of H-pyrrole nitrogens is 1. The summed E-state index contributed by atoms with van der Waals surface area (Å²) in [6, 6.07) is 27.5. The van der Waals surface area contributed by atoms with Crippen LogP contribution in [0.2, 0.25) is 0 Å². The van der Waals surface area contributed by atoms with E-state index in [1.54, 1.807) is 11.9 Å². The number of thioether (sulfide) groups is 3. The quantitative estimate of drug-likeness (QED) is 0.0747. The van der Waals surface area contributed by atoms with E-state index in [9.17, 15) is 0 Å². The molecule has 0 spiro atoms. The van der Waals surface area contributed by atoms with Gasteiger partial charge in [-0.05, 0) is 61.0 Å². The summed E-state index contributed by atoms with van der Waals surface area (Å²) in [7, 11) is 0. The normalized spacial score (nSPS) is 12.1. The van der Waals surface area contributed by atoms with E-state index in [1.165, 1.54) is 27.5 Å². The van der Waals surface area contributed by atoms with Gasteiger partial charge in [-0.25, -0.2) is 29.9 Å². The molecular formula is C48H50N8S4. The molecule has 0 atom stereocenters. The highest BCUT2D eigenvalue weighted by Gasteiger charge is 2.25. The van der Waals surface area contributed by atoms with Crippen molar-refractivity contribution >= 4 is 91.4 Å². The second kappa shape index (κ2) is 18.7. The van der Waals surface area contributed by atoms with Crippen LogP contribution in [0, 0.1) is 0 Å². The van der Waals surface area contributed by atoms with Crippen molar-refractivity contribution in [3.8, 4) is 45.6 Å². The molecule has 2 aliphatic rings. The maximum Gasteiger partial charge on any atom is 0.164 e. The molecule has 2 aliphatic heterocycles. The highest BCUT2D eigenvalue weighted by Crippen LogP contribution is 2.47. The van der Waals surface area contributed by atoms with Gasteiger partial charge in [-0.15, -0.1) is 35.3 Å². The van der Waals surface area contributed by atoms with E-state index < -0.39 is 0 Å². The Hall–Kier alpha value is -4.36. The van der Waals surface area contributed by atoms with Crippen LogP contribution in [-0.4, -0.2) is 61.9 Å². The van der Waals surface area contributed by atoms with Gasteiger partial charge in [0.15, 0.2) is 34.6 Å². The number of aromatic nitrogens is 8. The monoisotopic (exact) mass is 866 g/mol. The molecule has 9 rings (SSSR count). The lowest BCUT2D eigenvalue weighted by Crippen LogP contribution is -1.94. The number of nitrogens with one attached hydrogen (secondary N) is 1. The Bertz CT molecular complexity index is 2870. The zero-order valence-electron chi connectivity index (χ0n) is 34.8. The van der Waals surface area contributed by atoms with Gasteiger partial charge in [0.1, 0.15) is 11.3 Å². The van der Waals surface area contributed by atoms with Crippen molar-refractivity contribution in [1.82, 2.24) is 38.9 Å². The molecule has 0 fully saturated rings. The fourth-order valence-corrected chi connectivity index (χ4v) is 12.8. The maximum atomic E-state index is 5.50. The predicted octanol–water partition coefficient (Wildman–Crippen LogP) is 14.3. The van der Waals surface area contributed by atoms with Crippen LogP contribution in [0.4, 0.5) is 0 Å². The minimum Gasteiger partial charge on any atom is -0.324 e. The first kappa shape index (κ1) is 41.0. The average molecular weight is 867 g/mol. The molecule has 1 N–H and O–H groups in total. The zero-order valence-corrected chi connectivity index (χ0v) is 38.0. The summed E-state index contributed by atoms with van der Waals surface area (Å²) in [5.74, 6) is 6.66. The van der Waals surface area contributed by atoms with Crippen molar-refractivity contribution in [2.75, 3.05) is 23.0 Å². The number of unbranched alkanes of at least 4 members (excludes halogenated alkanes) is 4. The Morgan fingerprint density at radius 2 is 0.917 bits per heavy atom. The van der Waals surface area contributed by atoms with Crippen molar-refractivity contribution in [2.45, 2.75) is 93.7 Å². The molecule has 0 saturated carbocycles. The van der Waals surface area contributed by atoms with Gasteiger partial charge >= 0.3 is 0 Å². The molecule has 0 saturated heterocycles. The lowest BCUT2D eigenvalue weighted by molar-refractivity contribution is 0.890. The number of aromatic amines is 1. The zero-order chi connectivity index (χ0) is 41.0. The molecule has 0 aliphatic carbocycles. The van der Waals surface area contributed by atoms with Gasteiger partial charge in [0.2, 0.25) is 0 Å². The minimum atomic E-state index is 0.637. The number of hydrogen-bond acceptors (Lipinski definition) is 10. The van der Waals surface area contributed by atoms with E-state index in [2.05, 4.69) is 116 Å². The summed E-state index contributed by atoms with van der Waals surface area (Å²) in [6.07, 6.45) is 9.10. The van der Waals surface area contributed by atoms with Crippen molar-refractivity contribution in [2.24, 2.45) is 0 Å². The second-order valence-corrected chi connectivity index (χ2v) is 19.5. The third-order valence-corrected chi connectivity index (χ3v) is 15.6. The van der Waals surface area contributed by atoms with Gasteiger partial charge < -0.3 is 4.98 Å². The largest absolute Gasteiger partial charge is 0.324 e. The van der Waals surface area contributed by atoms with Crippen LogP contribution in [0.15, 0.2) is 93.5 Å². The van der Waals surface area contributed by atoms with Crippen LogP contribution in [0.5, 0.6) is 0 Å². The topological polar surface area (TPSA) is 98.1 Å². The third-order valence-electron chi connectivity index (χ3n) is 10.8. The summed E-state index contributed by atoms with van der Waals surface area (Å²) in [4.78, 5) is 40.1. The average Bonchev–Trinajstić information content (AvgIpc) is 3.99. The van der Waals surface area contributed by atoms with Crippen LogP contribution in [0.3, 0.4) is 0 Å². The lowest BCUT2D eigenvalue weighted by Gasteiger charge is -2.16. The van der Waals surface area contributed by atoms with Gasteiger partial charge in [-0.3, -0.25) is 3.97 Å². The van der Waals surface area contributed by atoms with Gasteiger partial charge in [0.25, 0.3) is 0 Å². The Balaban J connectivity index is 1.45. The smallest absolute Gasteiger partial charge is 0.164 e. The SMILES string of the molecule is CCCCSc1cc2c3nc4nc(nc5c6ccccc6c(nc6nc(nc([nH]3)c2c(SCCCC)c1SCCCC)-c1ccccc1-6)n5SCCCC)-c1ccccc1-4. The molecule has 5 heterocycles. The van der Waals surface area contributed by atoms with Crippen LogP contribution >= 0.6 is 47.2 Å². The lowest BCUT2D eigenvalue weighted by atomic mass is 10.1. The molecule has 0 radical (unpaired) electrons. The summed E-state index contributed by atoms with van der Waals surface area (Å²) >= 11 is 7.68. The standard InChI is InChI=1S/C48H50N8S4/c1-5-9-25-57-37-29-36-38(40(59-27-11-7-3)39(37)58-26-10-6-2)46-52-42-31-20-14-16-22-33(31)44(50-42)55-48-35-24-18-17-23-34(35)47(56(48)60-28-12-8-4)54-43-32-21-15-13-19-30(32)41(49-43)51-45(36)53-46/h13-24,29H,5-12,25-28H2,1-4H3,(H,49,50,51,52,53,54,55). The van der Waals surface area contributed by atoms with E-state index in [0.29, 0.717) is 23.3 Å². The predicted molar refractivity (Wildman–Crippen MR) is 259 cm³/mol. The molecule has 12 heteroatoms. The van der Waals surface area contributed by atoms with Gasteiger partial charge in [-0.2, -0.15) is 0 Å². The highest BCUT2D eigenvalue weighted by atomic mass is 32.2. The molecule has 306 valence electrons. The number of hydrogen-bond donors (Lipinski definition) is 1. The maximum absolute atomic E-state index is 5.50. The number of nitrogens with zero attached hydrogens (tertiary/aromatic N) is 7. The van der Waals surface area contributed by atoms with Crippen LogP contribution in [0.1, 0.15) is 79.1 Å². The molecule has 7 aromatic rings. The van der Waals surface area contributed by atoms with Crippen molar-refractivity contribution in [3.63, 3.8) is 0 Å². The summed E-state index contributed by atoms with van der Waals surface area (Å²) in [5.41, 5.74) is 6.99. The number of fused-ring (bicyclic) bond motifs is 20. The van der Waals surface area contributed by atoms with Crippen LogP contribution in [0.25, 0.3) is 89.7 Å². The van der Waals surface area contributed by atoms with E-state index in [-0.39, 0.29) is 0 Å². The number of benzene rings is 4. The van der Waals surface area contributed by atoms with E-state index in [4.69, 9.17) is 29.9 Å². The molecule has 8 nitrogen and oxygen atoms in total. The third kappa shape index (κ3) is 7.96. The van der Waals surface area contributed by atoms with E-state index >= 15 is 0 Å². The molecule has 3 aromatic heterocycles. The van der Waals surface area contributed by atoms with Gasteiger partial charge in [0.05, 0.1) is 0 Å². The summed E-state index contributed by atoms with van der Waals surface area (Å²) in [5, 5.41) is 4.19. The fourth-order valence-electron chi connectivity index (χ4n) is 7.56. The minimum absolute atomic E-state index is 0.637. The van der Waals surface area contributed by atoms with Crippen LogP contribution < -0.4 is 0 Å². The first-order chi connectivity index (χ1) is 29.6. The van der Waals surface area contributed by atoms with Gasteiger partial charge in [0, 0.05) is 64.2 Å². The first-order valence-electron chi connectivity index (χ1n) is 21.5. The molecule has 0 unspecified atom stereocenters. The highest BCUT2D eigenvalue weighted by molar-refractivity contribution is 8.04. The second-order valence-electron chi connectivity index (χ2n) is 15.1. The first-order valence-corrected chi connectivity index (χ1v) is 25.4. The summed E-state index contributed by atoms with van der Waals surface area (Å²) < 4.78 is 2.20. The fraction of sp³-hybridized carbons (Fsp3) is 0.333. The Morgan fingerprint density at radius 1 is 0.467 bits per heavy atom. The van der Waals surface area contributed by atoms with Crippen molar-refractivity contribution in [3.05, 3.63) is 78.9 Å². The Morgan fingerprint density at radius 3 is 1.45 bits per heavy atom. The summed E-state index contributed by atoms with van der Waals surface area (Å²) in [6.45, 7) is 9.04. The molecule has 0 amide bonds. The van der Waals surface area contributed by atoms with Gasteiger partial charge in [-0.1, -0.05) is 126 Å². The number of rotatable bonds is 16.